The SMILES string of the molecule is Cc1cc(C(=O)Cc2c(C)nn(C)c2Cl)c(C)o1. The van der Waals surface area contributed by atoms with Gasteiger partial charge in [-0.15, -0.1) is 0 Å². The number of ketones is 1. The van der Waals surface area contributed by atoms with Gasteiger partial charge in [0.05, 0.1) is 11.3 Å². The van der Waals surface area contributed by atoms with Gasteiger partial charge >= 0.3 is 0 Å². The van der Waals surface area contributed by atoms with Crippen LogP contribution in [0.15, 0.2) is 10.5 Å². The molecule has 0 bridgehead atoms. The fourth-order valence-electron chi connectivity index (χ4n) is 2.04. The lowest BCUT2D eigenvalue weighted by atomic mass is 10.0. The van der Waals surface area contributed by atoms with E-state index in [2.05, 4.69) is 5.10 Å². The molecule has 0 fully saturated rings. The first kappa shape index (κ1) is 12.9. The summed E-state index contributed by atoms with van der Waals surface area (Å²) in [6.45, 7) is 5.46. The lowest BCUT2D eigenvalue weighted by Gasteiger charge is -1.99. The normalized spacial score (nSPS) is 10.9. The molecule has 2 rings (SSSR count). The molecule has 0 saturated heterocycles. The summed E-state index contributed by atoms with van der Waals surface area (Å²) < 4.78 is 6.94. The Bertz CT molecular complexity index is 611. The van der Waals surface area contributed by atoms with E-state index in [0.717, 1.165) is 17.0 Å². The van der Waals surface area contributed by atoms with Gasteiger partial charge in [0.25, 0.3) is 0 Å². The zero-order valence-corrected chi connectivity index (χ0v) is 11.6. The van der Waals surface area contributed by atoms with Crippen LogP contribution in [0.25, 0.3) is 0 Å². The van der Waals surface area contributed by atoms with E-state index in [-0.39, 0.29) is 12.2 Å². The highest BCUT2D eigenvalue weighted by atomic mass is 35.5. The van der Waals surface area contributed by atoms with Gasteiger partial charge in [-0.2, -0.15) is 5.10 Å². The van der Waals surface area contributed by atoms with Gasteiger partial charge in [-0.3, -0.25) is 9.48 Å². The molecule has 0 saturated carbocycles. The van der Waals surface area contributed by atoms with E-state index in [1.165, 1.54) is 0 Å². The largest absolute Gasteiger partial charge is 0.466 e. The summed E-state index contributed by atoms with van der Waals surface area (Å²) in [6, 6.07) is 1.76. The van der Waals surface area contributed by atoms with Gasteiger partial charge in [0.15, 0.2) is 5.78 Å². The van der Waals surface area contributed by atoms with Crippen LogP contribution in [0.1, 0.15) is 33.1 Å². The number of nitrogens with zero attached hydrogens (tertiary/aromatic N) is 2. The maximum atomic E-state index is 12.2. The molecule has 0 atom stereocenters. The number of hydrogen-bond donors (Lipinski definition) is 0. The van der Waals surface area contributed by atoms with Crippen molar-refractivity contribution in [3.63, 3.8) is 0 Å². The average molecular weight is 267 g/mol. The smallest absolute Gasteiger partial charge is 0.170 e. The molecule has 2 aromatic heterocycles. The monoisotopic (exact) mass is 266 g/mol. The number of aromatic nitrogens is 2. The second-order valence-corrected chi connectivity index (χ2v) is 4.76. The van der Waals surface area contributed by atoms with Crippen molar-refractivity contribution in [1.82, 2.24) is 9.78 Å². The van der Waals surface area contributed by atoms with Crippen molar-refractivity contribution in [2.45, 2.75) is 27.2 Å². The number of halogens is 1. The van der Waals surface area contributed by atoms with Gasteiger partial charge in [-0.1, -0.05) is 11.6 Å². The number of rotatable bonds is 3. The van der Waals surface area contributed by atoms with Gasteiger partial charge < -0.3 is 4.42 Å². The average Bonchev–Trinajstić information content (AvgIpc) is 2.73. The summed E-state index contributed by atoms with van der Waals surface area (Å²) in [5.41, 5.74) is 2.18. The molecule has 0 aliphatic rings. The van der Waals surface area contributed by atoms with Crippen LogP contribution in [0.4, 0.5) is 0 Å². The molecule has 96 valence electrons. The van der Waals surface area contributed by atoms with Gasteiger partial charge in [-0.05, 0) is 26.8 Å². The number of carbonyl (C=O) groups excluding carboxylic acids is 1. The highest BCUT2D eigenvalue weighted by molar-refractivity contribution is 6.30. The first-order chi connectivity index (χ1) is 8.40. The third-order valence-electron chi connectivity index (χ3n) is 2.95. The number of carbonyl (C=O) groups is 1. The van der Waals surface area contributed by atoms with Crippen LogP contribution in [0.5, 0.6) is 0 Å². The van der Waals surface area contributed by atoms with Crippen LogP contribution >= 0.6 is 11.6 Å². The Morgan fingerprint density at radius 1 is 1.44 bits per heavy atom. The molecule has 0 aromatic carbocycles. The molecule has 2 heterocycles. The summed E-state index contributed by atoms with van der Waals surface area (Å²) in [4.78, 5) is 12.2. The van der Waals surface area contributed by atoms with Crippen LogP contribution in [-0.4, -0.2) is 15.6 Å². The van der Waals surface area contributed by atoms with Gasteiger partial charge in [0.2, 0.25) is 0 Å². The third kappa shape index (κ3) is 2.20. The minimum atomic E-state index is 0.00218. The molecule has 0 spiro atoms. The van der Waals surface area contributed by atoms with Gasteiger partial charge in [0.1, 0.15) is 16.7 Å². The Hall–Kier alpha value is -1.55. The summed E-state index contributed by atoms with van der Waals surface area (Å²) in [6.07, 6.45) is 0.248. The highest BCUT2D eigenvalue weighted by Gasteiger charge is 2.19. The molecule has 0 aliphatic carbocycles. The molecule has 2 aromatic rings. The summed E-state index contributed by atoms with van der Waals surface area (Å²) in [5.74, 6) is 1.39. The summed E-state index contributed by atoms with van der Waals surface area (Å²) in [7, 11) is 1.76. The van der Waals surface area contributed by atoms with Crippen molar-refractivity contribution in [3.05, 3.63) is 39.6 Å². The molecule has 0 radical (unpaired) electrons. The minimum Gasteiger partial charge on any atom is -0.466 e. The van der Waals surface area contributed by atoms with Crippen LogP contribution in [0.3, 0.4) is 0 Å². The van der Waals surface area contributed by atoms with E-state index < -0.39 is 0 Å². The molecule has 5 heteroatoms. The highest BCUT2D eigenvalue weighted by Crippen LogP contribution is 2.22. The number of aryl methyl sites for hydroxylation is 4. The van der Waals surface area contributed by atoms with E-state index in [9.17, 15) is 4.79 Å². The standard InChI is InChI=1S/C13H15ClN2O2/c1-7-5-11(9(3)18-7)12(17)6-10-8(2)15-16(4)13(10)14/h5H,6H2,1-4H3. The van der Waals surface area contributed by atoms with Crippen LogP contribution < -0.4 is 0 Å². The van der Waals surface area contributed by atoms with E-state index in [1.54, 1.807) is 24.7 Å². The van der Waals surface area contributed by atoms with Crippen molar-refractivity contribution < 1.29 is 9.21 Å². The first-order valence-corrected chi connectivity index (χ1v) is 6.06. The zero-order valence-electron chi connectivity index (χ0n) is 10.9. The molecular weight excluding hydrogens is 252 g/mol. The van der Waals surface area contributed by atoms with Gasteiger partial charge in [-0.25, -0.2) is 0 Å². The molecule has 18 heavy (non-hydrogen) atoms. The van der Waals surface area contributed by atoms with Crippen molar-refractivity contribution >= 4 is 17.4 Å². The molecule has 0 amide bonds. The second-order valence-electron chi connectivity index (χ2n) is 4.41. The maximum Gasteiger partial charge on any atom is 0.170 e. The predicted octanol–water partition coefficient (Wildman–Crippen LogP) is 3.02. The van der Waals surface area contributed by atoms with E-state index in [4.69, 9.17) is 16.0 Å². The second kappa shape index (κ2) is 4.61. The Labute approximate surface area is 111 Å². The van der Waals surface area contributed by atoms with E-state index >= 15 is 0 Å². The van der Waals surface area contributed by atoms with E-state index in [1.807, 2.05) is 13.8 Å². The zero-order chi connectivity index (χ0) is 13.4. The Morgan fingerprint density at radius 3 is 2.56 bits per heavy atom. The topological polar surface area (TPSA) is 48.0 Å². The lowest BCUT2D eigenvalue weighted by Crippen LogP contribution is -2.04. The number of hydrogen-bond acceptors (Lipinski definition) is 3. The van der Waals surface area contributed by atoms with Gasteiger partial charge in [0, 0.05) is 19.0 Å². The molecule has 4 nitrogen and oxygen atoms in total. The predicted molar refractivity (Wildman–Crippen MR) is 69.2 cm³/mol. The number of furan rings is 1. The van der Waals surface area contributed by atoms with Crippen molar-refractivity contribution in [1.29, 1.82) is 0 Å². The van der Waals surface area contributed by atoms with Crippen LogP contribution in [0.2, 0.25) is 5.15 Å². The van der Waals surface area contributed by atoms with Crippen molar-refractivity contribution in [3.8, 4) is 0 Å². The summed E-state index contributed by atoms with van der Waals surface area (Å²) >= 11 is 6.12. The Balaban J connectivity index is 2.29. The molecule has 0 N–H and O–H groups in total. The Morgan fingerprint density at radius 2 is 2.11 bits per heavy atom. The van der Waals surface area contributed by atoms with Crippen molar-refractivity contribution in [2.75, 3.05) is 0 Å². The fourth-order valence-corrected chi connectivity index (χ4v) is 2.28. The molecular formula is C13H15ClN2O2. The van der Waals surface area contributed by atoms with Crippen molar-refractivity contribution in [2.24, 2.45) is 7.05 Å². The Kier molecular flexibility index (Phi) is 3.30. The summed E-state index contributed by atoms with van der Waals surface area (Å²) in [5, 5.41) is 4.71. The van der Waals surface area contributed by atoms with Crippen LogP contribution in [-0.2, 0) is 13.5 Å². The lowest BCUT2D eigenvalue weighted by molar-refractivity contribution is 0.0991. The fraction of sp³-hybridized carbons (Fsp3) is 0.385. The van der Waals surface area contributed by atoms with Crippen LogP contribution in [0, 0.1) is 20.8 Å². The molecule has 0 aliphatic heterocycles. The third-order valence-corrected chi connectivity index (χ3v) is 3.42. The minimum absolute atomic E-state index is 0.00218. The number of Topliss-reactive ketones (excluding diaryl/α,β-unsaturated/α-hetero) is 1. The molecule has 0 unspecified atom stereocenters. The maximum absolute atomic E-state index is 12.2. The van der Waals surface area contributed by atoms with E-state index in [0.29, 0.717) is 16.5 Å². The quantitative estimate of drug-likeness (QED) is 0.803. The first-order valence-electron chi connectivity index (χ1n) is 5.68.